The highest BCUT2D eigenvalue weighted by Gasteiger charge is 2.30. The number of thiocarbonyl (C=S) groups is 1. The van der Waals surface area contributed by atoms with Gasteiger partial charge in [-0.3, -0.25) is 0 Å². The highest BCUT2D eigenvalue weighted by atomic mass is 32.1. The van der Waals surface area contributed by atoms with Gasteiger partial charge in [0.2, 0.25) is 0 Å². The number of rotatable bonds is 8. The number of nitrogens with one attached hydrogen (secondary N) is 2. The van der Waals surface area contributed by atoms with Crippen LogP contribution >= 0.6 is 12.2 Å². The first-order valence-corrected chi connectivity index (χ1v) is 11.0. The van der Waals surface area contributed by atoms with E-state index < -0.39 is 13.0 Å². The summed E-state index contributed by atoms with van der Waals surface area (Å²) in [5, 5.41) is 9.86. The average Bonchev–Trinajstić information content (AvgIpc) is 2.85. The Labute approximate surface area is 220 Å². The smallest absolute Gasteiger partial charge is 0.433 e. The fraction of sp³-hybridized carbons (Fsp3) is 0.120. The van der Waals surface area contributed by atoms with Gasteiger partial charge < -0.3 is 25.9 Å². The van der Waals surface area contributed by atoms with Crippen molar-refractivity contribution in [2.45, 2.75) is 19.9 Å². The number of nitrogens with two attached hydrogens (primary N) is 1. The number of benzene rings is 3. The topological polar surface area (TPSA) is 105 Å². The molecule has 0 radical (unpaired) electrons. The first-order chi connectivity index (χ1) is 18.0. The van der Waals surface area contributed by atoms with E-state index in [2.05, 4.69) is 24.8 Å². The standard InChI is InChI=1S/C16H13F3N4O.C9H9F2NOS/c17-16(18,19)24-14-7-5-13(6-8-14)22-10-23-15(21)12-3-1-11(9-20)2-4-12;1-6(14)12-7-4-2-3-5-8(7)13-9(10)11/h1-10,20H,(H2,21,22,23);2-5,9H,1H3,(H,12,14). The first-order valence-electron chi connectivity index (χ1n) is 10.6. The molecule has 0 aliphatic rings. The van der Waals surface area contributed by atoms with E-state index in [1.54, 1.807) is 49.4 Å². The van der Waals surface area contributed by atoms with Gasteiger partial charge in [0.15, 0.2) is 0 Å². The molecule has 0 unspecified atom stereocenters. The summed E-state index contributed by atoms with van der Waals surface area (Å²) in [6.45, 7) is -1.17. The summed E-state index contributed by atoms with van der Waals surface area (Å²) in [4.78, 5) is 8.43. The number of hydrogen-bond donors (Lipinski definition) is 3. The van der Waals surface area contributed by atoms with Gasteiger partial charge in [0.1, 0.15) is 23.7 Å². The Morgan fingerprint density at radius 3 is 2.21 bits per heavy atom. The van der Waals surface area contributed by atoms with E-state index >= 15 is 0 Å². The molecule has 3 aromatic carbocycles. The van der Waals surface area contributed by atoms with Crippen LogP contribution in [0.15, 0.2) is 82.8 Å². The molecule has 0 spiro atoms. The lowest BCUT2D eigenvalue weighted by molar-refractivity contribution is -0.274. The van der Waals surface area contributed by atoms with E-state index in [4.69, 9.17) is 23.4 Å². The van der Waals surface area contributed by atoms with Crippen molar-refractivity contribution in [3.8, 4) is 11.5 Å². The minimum Gasteiger partial charge on any atom is -0.433 e. The van der Waals surface area contributed by atoms with Crippen LogP contribution in [0.4, 0.5) is 33.3 Å². The van der Waals surface area contributed by atoms with Gasteiger partial charge in [0.05, 0.1) is 16.4 Å². The Morgan fingerprint density at radius 2 is 1.66 bits per heavy atom. The number of amidine groups is 1. The Morgan fingerprint density at radius 1 is 1.03 bits per heavy atom. The van der Waals surface area contributed by atoms with Crippen molar-refractivity contribution in [1.29, 1.82) is 5.41 Å². The van der Waals surface area contributed by atoms with Gasteiger partial charge in [-0.05, 0) is 48.9 Å². The van der Waals surface area contributed by atoms with Gasteiger partial charge in [-0.25, -0.2) is 9.98 Å². The van der Waals surface area contributed by atoms with Crippen LogP contribution in [0.25, 0.3) is 0 Å². The summed E-state index contributed by atoms with van der Waals surface area (Å²) >= 11 is 4.80. The van der Waals surface area contributed by atoms with Crippen LogP contribution in [0.1, 0.15) is 18.1 Å². The van der Waals surface area contributed by atoms with E-state index in [1.165, 1.54) is 30.8 Å². The Kier molecular flexibility index (Phi) is 11.3. The van der Waals surface area contributed by atoms with Crippen molar-refractivity contribution >= 4 is 47.0 Å². The molecule has 0 aromatic heterocycles. The molecule has 0 saturated carbocycles. The molecule has 3 aromatic rings. The Bertz CT molecular complexity index is 1260. The van der Waals surface area contributed by atoms with E-state index in [-0.39, 0.29) is 17.3 Å². The van der Waals surface area contributed by atoms with Gasteiger partial charge in [0, 0.05) is 11.8 Å². The van der Waals surface area contributed by atoms with Crippen LogP contribution in [0.3, 0.4) is 0 Å². The fourth-order valence-corrected chi connectivity index (χ4v) is 2.78. The second-order valence-corrected chi connectivity index (χ2v) is 7.74. The number of halogens is 5. The fourth-order valence-electron chi connectivity index (χ4n) is 2.67. The second-order valence-electron chi connectivity index (χ2n) is 7.12. The highest BCUT2D eigenvalue weighted by Crippen LogP contribution is 2.26. The van der Waals surface area contributed by atoms with Crippen LogP contribution in [-0.4, -0.2) is 36.4 Å². The molecule has 0 amide bonds. The number of ether oxygens (including phenoxy) is 2. The molecule has 0 atom stereocenters. The maximum Gasteiger partial charge on any atom is 0.573 e. The Hall–Kier alpha value is -4.39. The van der Waals surface area contributed by atoms with Crippen molar-refractivity contribution in [3.05, 3.63) is 83.9 Å². The number of anilines is 1. The number of nitrogens with zero attached hydrogens (tertiary/aromatic N) is 2. The molecule has 4 N–H and O–H groups in total. The number of aliphatic imine (C=N–C) groups is 2. The van der Waals surface area contributed by atoms with Gasteiger partial charge in [0.25, 0.3) is 0 Å². The van der Waals surface area contributed by atoms with Crippen LogP contribution < -0.4 is 20.5 Å². The zero-order chi connectivity index (χ0) is 28.1. The molecule has 0 aliphatic carbocycles. The van der Waals surface area contributed by atoms with Crippen molar-refractivity contribution in [3.63, 3.8) is 0 Å². The zero-order valence-corrected chi connectivity index (χ0v) is 20.6. The molecule has 7 nitrogen and oxygen atoms in total. The monoisotopic (exact) mass is 551 g/mol. The third kappa shape index (κ3) is 11.1. The molecule has 3 rings (SSSR count). The molecule has 13 heteroatoms. The maximum absolute atomic E-state index is 12.0. The molecule has 0 aliphatic heterocycles. The van der Waals surface area contributed by atoms with Crippen LogP contribution in [0.5, 0.6) is 11.5 Å². The summed E-state index contributed by atoms with van der Waals surface area (Å²) < 4.78 is 68.1. The third-order valence-electron chi connectivity index (χ3n) is 4.26. The summed E-state index contributed by atoms with van der Waals surface area (Å²) in [5.74, 6) is -0.00485. The third-order valence-corrected chi connectivity index (χ3v) is 4.36. The summed E-state index contributed by atoms with van der Waals surface area (Å²) in [6, 6.07) is 18.3. The SMILES string of the molecule is CC(=S)Nc1ccccc1OC(F)F.N=Cc1ccc(C(N)=NC=Nc2ccc(OC(F)(F)F)cc2)cc1. The normalized spacial score (nSPS) is 11.5. The zero-order valence-electron chi connectivity index (χ0n) is 19.7. The lowest BCUT2D eigenvalue weighted by Gasteiger charge is -2.10. The number of para-hydroxylation sites is 2. The predicted octanol–water partition coefficient (Wildman–Crippen LogP) is 6.70. The largest absolute Gasteiger partial charge is 0.573 e. The van der Waals surface area contributed by atoms with Gasteiger partial charge in [-0.2, -0.15) is 8.78 Å². The Balaban J connectivity index is 0.000000308. The minimum atomic E-state index is -4.73. The average molecular weight is 552 g/mol. The van der Waals surface area contributed by atoms with Crippen molar-refractivity contribution in [2.24, 2.45) is 15.7 Å². The molecule has 0 bridgehead atoms. The summed E-state index contributed by atoms with van der Waals surface area (Å²) in [6.07, 6.45) is -2.30. The second kappa shape index (κ2) is 14.4. The molecule has 0 heterocycles. The lowest BCUT2D eigenvalue weighted by atomic mass is 10.1. The van der Waals surface area contributed by atoms with Crippen molar-refractivity contribution in [2.75, 3.05) is 5.32 Å². The number of alkyl halides is 5. The summed E-state index contributed by atoms with van der Waals surface area (Å²) in [5.41, 5.74) is 8.05. The maximum atomic E-state index is 12.0. The van der Waals surface area contributed by atoms with Crippen LogP contribution in [-0.2, 0) is 0 Å². The van der Waals surface area contributed by atoms with E-state index in [1.807, 2.05) is 0 Å². The molecule has 200 valence electrons. The molecule has 38 heavy (non-hydrogen) atoms. The van der Waals surface area contributed by atoms with Gasteiger partial charge in [-0.15, -0.1) is 13.2 Å². The summed E-state index contributed by atoms with van der Waals surface area (Å²) in [7, 11) is 0. The quantitative estimate of drug-likeness (QED) is 0.125. The molecule has 0 fully saturated rings. The number of hydrogen-bond acceptors (Lipinski definition) is 5. The van der Waals surface area contributed by atoms with Crippen LogP contribution in [0, 0.1) is 5.41 Å². The van der Waals surface area contributed by atoms with Gasteiger partial charge >= 0.3 is 13.0 Å². The minimum absolute atomic E-state index is 0.0895. The molecular formula is C25H22F5N5O2S. The van der Waals surface area contributed by atoms with E-state index in [9.17, 15) is 22.0 Å². The molecule has 0 saturated heterocycles. The van der Waals surface area contributed by atoms with Gasteiger partial charge in [-0.1, -0.05) is 48.6 Å². The molecular weight excluding hydrogens is 529 g/mol. The van der Waals surface area contributed by atoms with E-state index in [0.29, 0.717) is 21.9 Å². The first kappa shape index (κ1) is 29.8. The predicted molar refractivity (Wildman–Crippen MR) is 141 cm³/mol. The van der Waals surface area contributed by atoms with Crippen molar-refractivity contribution in [1.82, 2.24) is 0 Å². The van der Waals surface area contributed by atoms with Crippen LogP contribution in [0.2, 0.25) is 0 Å². The highest BCUT2D eigenvalue weighted by molar-refractivity contribution is 7.80. The lowest BCUT2D eigenvalue weighted by Crippen LogP contribution is -2.16. The van der Waals surface area contributed by atoms with E-state index in [0.717, 1.165) is 17.7 Å². The van der Waals surface area contributed by atoms with Crippen molar-refractivity contribution < 1.29 is 31.4 Å².